The van der Waals surface area contributed by atoms with Crippen LogP contribution in [0.1, 0.15) is 23.6 Å². The van der Waals surface area contributed by atoms with E-state index in [1.807, 2.05) is 13.0 Å². The first-order valence-corrected chi connectivity index (χ1v) is 11.3. The largest absolute Gasteiger partial charge is 0.352 e. The Kier molecular flexibility index (Phi) is 7.19. The smallest absolute Gasteiger partial charge is 0.326 e. The van der Waals surface area contributed by atoms with E-state index in [0.717, 1.165) is 11.1 Å². The van der Waals surface area contributed by atoms with Gasteiger partial charge in [-0.15, -0.1) is 0 Å². The number of hydrogen-bond acceptors (Lipinski definition) is 6. The molecule has 0 bridgehead atoms. The summed E-state index contributed by atoms with van der Waals surface area (Å²) >= 11 is 0. The molecule has 0 radical (unpaired) electrons. The number of alkyl halides is 2. The summed E-state index contributed by atoms with van der Waals surface area (Å²) in [5.41, 5.74) is 2.72. The van der Waals surface area contributed by atoms with Crippen molar-refractivity contribution in [2.75, 3.05) is 16.0 Å². The number of benzene rings is 2. The molecule has 188 valence electrons. The molecule has 0 atom stereocenters. The third-order valence-electron chi connectivity index (χ3n) is 5.46. The number of amides is 2. The number of nitrogens with one attached hydrogen (secondary N) is 3. The second-order valence-corrected chi connectivity index (χ2v) is 8.42. The molecule has 10 heteroatoms. The van der Waals surface area contributed by atoms with Crippen LogP contribution in [0.5, 0.6) is 0 Å². The second kappa shape index (κ2) is 10.5. The van der Waals surface area contributed by atoms with Crippen LogP contribution in [0, 0.1) is 13.8 Å². The first-order chi connectivity index (χ1) is 17.6. The average Bonchev–Trinajstić information content (AvgIpc) is 2.87. The van der Waals surface area contributed by atoms with Gasteiger partial charge in [-0.25, -0.2) is 9.97 Å². The van der Waals surface area contributed by atoms with Gasteiger partial charge in [-0.2, -0.15) is 8.78 Å². The van der Waals surface area contributed by atoms with Crippen LogP contribution in [0.25, 0.3) is 11.3 Å². The van der Waals surface area contributed by atoms with E-state index >= 15 is 8.78 Å². The molecule has 4 aromatic rings. The fourth-order valence-electron chi connectivity index (χ4n) is 3.60. The number of nitrogens with zero attached hydrogens (tertiary/aromatic N) is 3. The zero-order valence-electron chi connectivity index (χ0n) is 20.3. The number of carbonyl (C=O) groups excluding carboxylic acids is 2. The SMILES string of the molecule is CC(=O)Nc1ccc(C)cc1C(F)(F)C(=O)Nc1ccc(C)c(Nc2nccc(-c3cccnc3)n2)c1. The molecule has 0 fully saturated rings. The molecular weight excluding hydrogens is 478 g/mol. The van der Waals surface area contributed by atoms with Crippen LogP contribution in [0.15, 0.2) is 73.2 Å². The van der Waals surface area contributed by atoms with Crippen molar-refractivity contribution in [1.29, 1.82) is 0 Å². The van der Waals surface area contributed by atoms with Crippen LogP contribution >= 0.6 is 0 Å². The van der Waals surface area contributed by atoms with Gasteiger partial charge in [0.1, 0.15) is 0 Å². The maximum atomic E-state index is 15.3. The van der Waals surface area contributed by atoms with E-state index in [1.54, 1.807) is 49.8 Å². The lowest BCUT2D eigenvalue weighted by atomic mass is 10.0. The van der Waals surface area contributed by atoms with Gasteiger partial charge in [0.25, 0.3) is 5.91 Å². The topological polar surface area (TPSA) is 109 Å². The molecule has 2 heterocycles. The number of carbonyl (C=O) groups is 2. The molecule has 8 nitrogen and oxygen atoms in total. The Balaban J connectivity index is 1.57. The van der Waals surface area contributed by atoms with Crippen molar-refractivity contribution in [2.24, 2.45) is 0 Å². The third-order valence-corrected chi connectivity index (χ3v) is 5.46. The molecule has 0 spiro atoms. The van der Waals surface area contributed by atoms with Crippen LogP contribution in [0.2, 0.25) is 0 Å². The number of aryl methyl sites for hydroxylation is 2. The summed E-state index contributed by atoms with van der Waals surface area (Å²) in [7, 11) is 0. The predicted molar refractivity (Wildman–Crippen MR) is 138 cm³/mol. The minimum atomic E-state index is -3.91. The maximum Gasteiger partial charge on any atom is 0.352 e. The van der Waals surface area contributed by atoms with Crippen molar-refractivity contribution >= 4 is 34.8 Å². The van der Waals surface area contributed by atoms with Crippen LogP contribution in [0.4, 0.5) is 31.8 Å². The Morgan fingerprint density at radius 1 is 0.919 bits per heavy atom. The predicted octanol–water partition coefficient (Wildman–Crippen LogP) is 5.59. The van der Waals surface area contributed by atoms with E-state index in [1.165, 1.54) is 31.2 Å². The minimum absolute atomic E-state index is 0.129. The Morgan fingerprint density at radius 3 is 2.46 bits per heavy atom. The summed E-state index contributed by atoms with van der Waals surface area (Å²) < 4.78 is 30.5. The van der Waals surface area contributed by atoms with E-state index in [0.29, 0.717) is 16.9 Å². The average molecular weight is 503 g/mol. The van der Waals surface area contributed by atoms with Gasteiger partial charge in [-0.3, -0.25) is 14.6 Å². The van der Waals surface area contributed by atoms with Crippen LogP contribution in [-0.4, -0.2) is 26.8 Å². The number of halogens is 2. The number of pyridine rings is 1. The van der Waals surface area contributed by atoms with E-state index in [-0.39, 0.29) is 17.3 Å². The number of aromatic nitrogens is 3. The molecule has 2 aromatic carbocycles. The molecule has 4 rings (SSSR count). The van der Waals surface area contributed by atoms with Crippen LogP contribution in [-0.2, 0) is 15.5 Å². The van der Waals surface area contributed by atoms with E-state index in [9.17, 15) is 9.59 Å². The summed E-state index contributed by atoms with van der Waals surface area (Å²) in [6, 6.07) is 14.2. The Labute approximate surface area is 212 Å². The van der Waals surface area contributed by atoms with E-state index < -0.39 is 23.3 Å². The Bertz CT molecular complexity index is 1460. The van der Waals surface area contributed by atoms with Gasteiger partial charge >= 0.3 is 5.92 Å². The van der Waals surface area contributed by atoms with Gasteiger partial charge in [0.2, 0.25) is 11.9 Å². The van der Waals surface area contributed by atoms with E-state index in [2.05, 4.69) is 30.9 Å². The minimum Gasteiger partial charge on any atom is -0.326 e. The molecule has 0 aliphatic rings. The normalized spacial score (nSPS) is 11.1. The van der Waals surface area contributed by atoms with Gasteiger partial charge in [0.05, 0.1) is 16.9 Å². The lowest BCUT2D eigenvalue weighted by molar-refractivity contribution is -0.140. The van der Waals surface area contributed by atoms with Crippen LogP contribution < -0.4 is 16.0 Å². The standard InChI is InChI=1S/C27H24F2N6O2/c1-16-6-9-23(32-18(3)36)21(13-16)27(28,29)25(37)33-20-8-7-17(2)24(14-20)35-26-31-12-10-22(34-26)19-5-4-11-30-15-19/h4-15H,1-3H3,(H,32,36)(H,33,37)(H,31,34,35). The molecule has 0 aliphatic carbocycles. The van der Waals surface area contributed by atoms with Gasteiger partial charge in [-0.1, -0.05) is 17.7 Å². The molecule has 2 aromatic heterocycles. The van der Waals surface area contributed by atoms with Crippen LogP contribution in [0.3, 0.4) is 0 Å². The van der Waals surface area contributed by atoms with Gasteiger partial charge in [0.15, 0.2) is 0 Å². The molecule has 0 unspecified atom stereocenters. The van der Waals surface area contributed by atoms with Crippen molar-refractivity contribution in [3.63, 3.8) is 0 Å². The Hall–Kier alpha value is -4.73. The number of hydrogen-bond donors (Lipinski definition) is 3. The second-order valence-electron chi connectivity index (χ2n) is 8.42. The Morgan fingerprint density at radius 2 is 1.73 bits per heavy atom. The molecule has 37 heavy (non-hydrogen) atoms. The first-order valence-electron chi connectivity index (χ1n) is 11.3. The lowest BCUT2D eigenvalue weighted by Crippen LogP contribution is -2.33. The highest BCUT2D eigenvalue weighted by molar-refractivity contribution is 5.99. The highest BCUT2D eigenvalue weighted by atomic mass is 19.3. The molecule has 0 saturated carbocycles. The molecular formula is C27H24F2N6O2. The fraction of sp³-hybridized carbons (Fsp3) is 0.148. The lowest BCUT2D eigenvalue weighted by Gasteiger charge is -2.20. The van der Waals surface area contributed by atoms with Gasteiger partial charge < -0.3 is 16.0 Å². The zero-order chi connectivity index (χ0) is 26.6. The monoisotopic (exact) mass is 502 g/mol. The number of rotatable bonds is 7. The summed E-state index contributed by atoms with van der Waals surface area (Å²) in [6.45, 7) is 4.65. The summed E-state index contributed by atoms with van der Waals surface area (Å²) in [4.78, 5) is 37.0. The first kappa shape index (κ1) is 25.4. The van der Waals surface area contributed by atoms with Crippen molar-refractivity contribution in [3.05, 3.63) is 89.9 Å². The molecule has 0 saturated heterocycles. The molecule has 3 N–H and O–H groups in total. The summed E-state index contributed by atoms with van der Waals surface area (Å²) in [6.07, 6.45) is 4.93. The molecule has 0 aliphatic heterocycles. The van der Waals surface area contributed by atoms with Crippen molar-refractivity contribution in [2.45, 2.75) is 26.7 Å². The maximum absolute atomic E-state index is 15.3. The van der Waals surface area contributed by atoms with Crippen molar-refractivity contribution in [1.82, 2.24) is 15.0 Å². The fourth-order valence-corrected chi connectivity index (χ4v) is 3.60. The van der Waals surface area contributed by atoms with Crippen molar-refractivity contribution in [3.8, 4) is 11.3 Å². The quantitative estimate of drug-likeness (QED) is 0.304. The van der Waals surface area contributed by atoms with Crippen molar-refractivity contribution < 1.29 is 18.4 Å². The zero-order valence-corrected chi connectivity index (χ0v) is 20.3. The van der Waals surface area contributed by atoms with E-state index in [4.69, 9.17) is 0 Å². The van der Waals surface area contributed by atoms with Gasteiger partial charge in [-0.05, 0) is 61.9 Å². The van der Waals surface area contributed by atoms with Gasteiger partial charge in [0, 0.05) is 42.5 Å². The summed E-state index contributed by atoms with van der Waals surface area (Å²) in [5.74, 6) is -5.68. The third kappa shape index (κ3) is 5.92. The summed E-state index contributed by atoms with van der Waals surface area (Å²) in [5, 5.41) is 7.72. The highest BCUT2D eigenvalue weighted by Gasteiger charge is 2.43. The number of anilines is 4. The highest BCUT2D eigenvalue weighted by Crippen LogP contribution is 2.36. The molecule has 2 amide bonds.